The lowest BCUT2D eigenvalue weighted by atomic mass is 10.1. The second-order valence-electron chi connectivity index (χ2n) is 3.72. The molecule has 0 saturated heterocycles. The molecule has 0 aliphatic carbocycles. The fourth-order valence-electron chi connectivity index (χ4n) is 1.80. The lowest BCUT2D eigenvalue weighted by molar-refractivity contribution is -0.137. The molecule has 0 amide bonds. The van der Waals surface area contributed by atoms with Crippen LogP contribution < -0.4 is 0 Å². The highest BCUT2D eigenvalue weighted by Crippen LogP contribution is 2.31. The van der Waals surface area contributed by atoms with Gasteiger partial charge in [0.1, 0.15) is 6.10 Å². The summed E-state index contributed by atoms with van der Waals surface area (Å²) in [5, 5.41) is 0. The fourth-order valence-corrected chi connectivity index (χ4v) is 1.80. The number of methoxy groups -OCH3 is 1. The van der Waals surface area contributed by atoms with E-state index < -0.39 is 0 Å². The molecule has 3 nitrogen and oxygen atoms in total. The van der Waals surface area contributed by atoms with Gasteiger partial charge in [0.05, 0.1) is 18.8 Å². The third kappa shape index (κ3) is 1.99. The topological polar surface area (TPSA) is 35.5 Å². The van der Waals surface area contributed by atoms with Crippen molar-refractivity contribution in [2.45, 2.75) is 19.1 Å². The number of hydrogen-bond acceptors (Lipinski definition) is 3. The van der Waals surface area contributed by atoms with Gasteiger partial charge in [0, 0.05) is 0 Å². The zero-order valence-corrected chi connectivity index (χ0v) is 9.34. The van der Waals surface area contributed by atoms with Crippen LogP contribution in [-0.4, -0.2) is 19.2 Å². The van der Waals surface area contributed by atoms with E-state index in [0.29, 0.717) is 5.57 Å². The summed E-state index contributed by atoms with van der Waals surface area (Å²) >= 11 is 0. The average Bonchev–Trinajstić information content (AvgIpc) is 2.71. The number of carbonyl (C=O) groups is 1. The Morgan fingerprint density at radius 2 is 2.00 bits per heavy atom. The monoisotopic (exact) mass is 218 g/mol. The number of benzene rings is 1. The van der Waals surface area contributed by atoms with Crippen LogP contribution in [-0.2, 0) is 14.3 Å². The molecule has 0 bridgehead atoms. The maximum atomic E-state index is 11.4. The second-order valence-corrected chi connectivity index (χ2v) is 3.72. The van der Waals surface area contributed by atoms with E-state index >= 15 is 0 Å². The molecular formula is C13H14O3. The third-order valence-electron chi connectivity index (χ3n) is 2.67. The van der Waals surface area contributed by atoms with Crippen molar-refractivity contribution in [2.24, 2.45) is 0 Å². The second kappa shape index (κ2) is 4.49. The number of hydrogen-bond donors (Lipinski definition) is 0. The quantitative estimate of drug-likeness (QED) is 0.714. The largest absolute Gasteiger partial charge is 0.466 e. The van der Waals surface area contributed by atoms with Gasteiger partial charge < -0.3 is 9.47 Å². The van der Waals surface area contributed by atoms with Gasteiger partial charge in [-0.05, 0) is 18.6 Å². The predicted molar refractivity (Wildman–Crippen MR) is 59.8 cm³/mol. The Morgan fingerprint density at radius 1 is 1.31 bits per heavy atom. The molecule has 2 rings (SSSR count). The van der Waals surface area contributed by atoms with Gasteiger partial charge in [0.25, 0.3) is 0 Å². The number of ether oxygens (including phenoxy) is 2. The number of carbonyl (C=O) groups excluding carboxylic acids is 1. The van der Waals surface area contributed by atoms with Crippen LogP contribution in [0.25, 0.3) is 0 Å². The van der Waals surface area contributed by atoms with Gasteiger partial charge in [-0.25, -0.2) is 4.79 Å². The van der Waals surface area contributed by atoms with E-state index in [9.17, 15) is 4.79 Å². The standard InChI is InChI=1S/C13H14O3/c1-9-11(13(14)15-2)8-12(16-9)10-6-4-3-5-7-10/h3-9,12H,1-2H3/t9-,12+/m1/s1. The highest BCUT2D eigenvalue weighted by atomic mass is 16.5. The van der Waals surface area contributed by atoms with Crippen molar-refractivity contribution in [1.82, 2.24) is 0 Å². The van der Waals surface area contributed by atoms with E-state index in [-0.39, 0.29) is 18.2 Å². The smallest absolute Gasteiger partial charge is 0.336 e. The van der Waals surface area contributed by atoms with Gasteiger partial charge in [-0.1, -0.05) is 30.3 Å². The molecule has 1 heterocycles. The molecule has 16 heavy (non-hydrogen) atoms. The van der Waals surface area contributed by atoms with Crippen LogP contribution >= 0.6 is 0 Å². The first-order valence-corrected chi connectivity index (χ1v) is 5.23. The molecule has 1 aliphatic heterocycles. The van der Waals surface area contributed by atoms with E-state index in [1.165, 1.54) is 7.11 Å². The van der Waals surface area contributed by atoms with Gasteiger partial charge in [-0.15, -0.1) is 0 Å². The molecule has 0 spiro atoms. The average molecular weight is 218 g/mol. The molecule has 0 fully saturated rings. The molecule has 0 radical (unpaired) electrons. The zero-order valence-electron chi connectivity index (χ0n) is 9.34. The molecule has 3 heteroatoms. The summed E-state index contributed by atoms with van der Waals surface area (Å²) in [6, 6.07) is 9.82. The van der Waals surface area contributed by atoms with Crippen molar-refractivity contribution < 1.29 is 14.3 Å². The third-order valence-corrected chi connectivity index (χ3v) is 2.67. The Kier molecular flexibility index (Phi) is 3.06. The highest BCUT2D eigenvalue weighted by Gasteiger charge is 2.29. The van der Waals surface area contributed by atoms with E-state index in [1.54, 1.807) is 0 Å². The maximum Gasteiger partial charge on any atom is 0.336 e. The van der Waals surface area contributed by atoms with Crippen molar-refractivity contribution in [2.75, 3.05) is 7.11 Å². The van der Waals surface area contributed by atoms with Crippen LogP contribution in [0.1, 0.15) is 18.6 Å². The van der Waals surface area contributed by atoms with Gasteiger partial charge >= 0.3 is 5.97 Å². The van der Waals surface area contributed by atoms with Crippen LogP contribution in [0.3, 0.4) is 0 Å². The van der Waals surface area contributed by atoms with Gasteiger partial charge in [-0.2, -0.15) is 0 Å². The Morgan fingerprint density at radius 3 is 2.62 bits per heavy atom. The van der Waals surface area contributed by atoms with Crippen LogP contribution in [0.4, 0.5) is 0 Å². The van der Waals surface area contributed by atoms with Crippen LogP contribution in [0, 0.1) is 0 Å². The molecule has 1 aliphatic rings. The number of esters is 1. The Balaban J connectivity index is 2.22. The lowest BCUT2D eigenvalue weighted by Crippen LogP contribution is -2.14. The van der Waals surface area contributed by atoms with Crippen molar-refractivity contribution in [3.8, 4) is 0 Å². The molecule has 1 aromatic rings. The van der Waals surface area contributed by atoms with E-state index in [2.05, 4.69) is 0 Å². The van der Waals surface area contributed by atoms with Crippen LogP contribution in [0.2, 0.25) is 0 Å². The molecule has 0 unspecified atom stereocenters. The zero-order chi connectivity index (χ0) is 11.5. The molecule has 0 aromatic heterocycles. The van der Waals surface area contributed by atoms with Gasteiger partial charge in [0.2, 0.25) is 0 Å². The number of rotatable bonds is 2. The summed E-state index contributed by atoms with van der Waals surface area (Å²) in [5.74, 6) is -0.314. The summed E-state index contributed by atoms with van der Waals surface area (Å²) in [4.78, 5) is 11.4. The first-order chi connectivity index (χ1) is 7.72. The van der Waals surface area contributed by atoms with E-state index in [0.717, 1.165) is 5.56 Å². The molecular weight excluding hydrogens is 204 g/mol. The first-order valence-electron chi connectivity index (χ1n) is 5.23. The predicted octanol–water partition coefficient (Wildman–Crippen LogP) is 2.25. The minimum Gasteiger partial charge on any atom is -0.466 e. The summed E-state index contributed by atoms with van der Waals surface area (Å²) in [6.07, 6.45) is 1.47. The van der Waals surface area contributed by atoms with Crippen molar-refractivity contribution in [3.63, 3.8) is 0 Å². The van der Waals surface area contributed by atoms with Crippen molar-refractivity contribution in [1.29, 1.82) is 0 Å². The van der Waals surface area contributed by atoms with E-state index in [4.69, 9.17) is 9.47 Å². The van der Waals surface area contributed by atoms with Gasteiger partial charge in [0.15, 0.2) is 0 Å². The fraction of sp³-hybridized carbons (Fsp3) is 0.308. The minimum atomic E-state index is -0.314. The normalized spacial score (nSPS) is 24.0. The molecule has 0 saturated carbocycles. The van der Waals surface area contributed by atoms with Crippen molar-refractivity contribution in [3.05, 3.63) is 47.5 Å². The summed E-state index contributed by atoms with van der Waals surface area (Å²) < 4.78 is 10.4. The Hall–Kier alpha value is -1.61. The maximum absolute atomic E-state index is 11.4. The Labute approximate surface area is 94.7 Å². The SMILES string of the molecule is COC(=O)C1=C[C@@H](c2ccccc2)O[C@@H]1C. The molecule has 84 valence electrons. The minimum absolute atomic E-state index is 0.148. The molecule has 0 N–H and O–H groups in total. The van der Waals surface area contributed by atoms with Crippen molar-refractivity contribution >= 4 is 5.97 Å². The van der Waals surface area contributed by atoms with Gasteiger partial charge in [-0.3, -0.25) is 0 Å². The molecule has 2 atom stereocenters. The summed E-state index contributed by atoms with van der Waals surface area (Å²) in [5.41, 5.74) is 1.64. The summed E-state index contributed by atoms with van der Waals surface area (Å²) in [7, 11) is 1.38. The summed E-state index contributed by atoms with van der Waals surface area (Å²) in [6.45, 7) is 1.85. The van der Waals surface area contributed by atoms with E-state index in [1.807, 2.05) is 43.3 Å². The Bertz CT molecular complexity index is 408. The van der Waals surface area contributed by atoms with Crippen LogP contribution in [0.5, 0.6) is 0 Å². The highest BCUT2D eigenvalue weighted by molar-refractivity contribution is 5.90. The lowest BCUT2D eigenvalue weighted by Gasteiger charge is -2.11. The first kappa shape index (κ1) is 10.9. The van der Waals surface area contributed by atoms with Crippen LogP contribution in [0.15, 0.2) is 42.0 Å². The molecule has 1 aromatic carbocycles.